The molecule has 2 N–H and O–H groups in total. The summed E-state index contributed by atoms with van der Waals surface area (Å²) in [5, 5.41) is 6.49. The predicted octanol–water partition coefficient (Wildman–Crippen LogP) is 4.32. The normalized spacial score (nSPS) is 10.4. The van der Waals surface area contributed by atoms with E-state index in [-0.39, 0.29) is 5.82 Å². The van der Waals surface area contributed by atoms with Crippen LogP contribution in [0.3, 0.4) is 0 Å². The first-order valence-corrected chi connectivity index (χ1v) is 7.85. The van der Waals surface area contributed by atoms with Crippen LogP contribution in [0.25, 0.3) is 0 Å². The lowest BCUT2D eigenvalue weighted by Crippen LogP contribution is -2.08. The van der Waals surface area contributed by atoms with Crippen molar-refractivity contribution in [1.82, 2.24) is 9.97 Å². The quantitative estimate of drug-likeness (QED) is 0.709. The van der Waals surface area contributed by atoms with Gasteiger partial charge in [0.15, 0.2) is 0 Å². The number of hydrogen-bond acceptors (Lipinski definition) is 4. The Kier molecular flexibility index (Phi) is 5.01. The number of benzene rings is 2. The molecule has 0 saturated carbocycles. The molecule has 5 heteroatoms. The van der Waals surface area contributed by atoms with E-state index in [0.717, 1.165) is 29.2 Å². The van der Waals surface area contributed by atoms with Crippen molar-refractivity contribution in [1.29, 1.82) is 0 Å². The number of nitrogens with one attached hydrogen (secondary N) is 2. The van der Waals surface area contributed by atoms with Gasteiger partial charge < -0.3 is 10.6 Å². The number of halogens is 1. The van der Waals surface area contributed by atoms with Crippen LogP contribution in [0.5, 0.6) is 0 Å². The molecule has 0 radical (unpaired) electrons. The van der Waals surface area contributed by atoms with E-state index in [1.807, 2.05) is 43.3 Å². The van der Waals surface area contributed by atoms with Crippen molar-refractivity contribution in [2.45, 2.75) is 13.3 Å². The Bertz CT molecular complexity index is 788. The highest BCUT2D eigenvalue weighted by Gasteiger charge is 2.03. The molecule has 1 heterocycles. The van der Waals surface area contributed by atoms with Crippen molar-refractivity contribution >= 4 is 17.5 Å². The van der Waals surface area contributed by atoms with Gasteiger partial charge in [-0.1, -0.05) is 30.3 Å². The Morgan fingerprint density at radius 1 is 0.958 bits per heavy atom. The maximum Gasteiger partial charge on any atom is 0.229 e. The summed E-state index contributed by atoms with van der Waals surface area (Å²) in [6, 6.07) is 18.3. The second-order valence-electron chi connectivity index (χ2n) is 5.51. The number of aryl methyl sites for hydroxylation is 1. The fraction of sp³-hybridized carbons (Fsp3) is 0.158. The molecule has 2 aromatic carbocycles. The Morgan fingerprint density at radius 3 is 2.46 bits per heavy atom. The summed E-state index contributed by atoms with van der Waals surface area (Å²) in [6.45, 7) is 2.65. The molecule has 0 fully saturated rings. The standard InChI is InChI=1S/C19H19FN4/c1-14-13-18(21-12-11-15-7-9-16(20)10-8-15)24-19(22-14)23-17-5-3-2-4-6-17/h2-10,13H,11-12H2,1H3,(H2,21,22,23,24). The van der Waals surface area contributed by atoms with Crippen molar-refractivity contribution in [3.8, 4) is 0 Å². The van der Waals surface area contributed by atoms with Crippen LogP contribution in [0.2, 0.25) is 0 Å². The van der Waals surface area contributed by atoms with Gasteiger partial charge in [-0.15, -0.1) is 0 Å². The lowest BCUT2D eigenvalue weighted by molar-refractivity contribution is 0.627. The maximum absolute atomic E-state index is 12.9. The minimum atomic E-state index is -0.213. The van der Waals surface area contributed by atoms with Gasteiger partial charge in [0.2, 0.25) is 5.95 Å². The van der Waals surface area contributed by atoms with Crippen LogP contribution >= 0.6 is 0 Å². The van der Waals surface area contributed by atoms with Crippen LogP contribution in [-0.2, 0) is 6.42 Å². The number of anilines is 3. The minimum absolute atomic E-state index is 0.213. The van der Waals surface area contributed by atoms with Crippen LogP contribution in [-0.4, -0.2) is 16.5 Å². The Hall–Kier alpha value is -2.95. The second-order valence-corrected chi connectivity index (χ2v) is 5.51. The molecular weight excluding hydrogens is 303 g/mol. The molecule has 0 amide bonds. The van der Waals surface area contributed by atoms with Gasteiger partial charge >= 0.3 is 0 Å². The van der Waals surface area contributed by atoms with E-state index in [4.69, 9.17) is 0 Å². The van der Waals surface area contributed by atoms with Gasteiger partial charge in [0, 0.05) is 24.0 Å². The molecule has 0 saturated heterocycles. The zero-order valence-electron chi connectivity index (χ0n) is 13.5. The average molecular weight is 322 g/mol. The molecule has 0 aliphatic heterocycles. The summed E-state index contributed by atoms with van der Waals surface area (Å²) in [7, 11) is 0. The fourth-order valence-corrected chi connectivity index (χ4v) is 2.35. The molecule has 0 unspecified atom stereocenters. The third-order valence-corrected chi connectivity index (χ3v) is 3.52. The third kappa shape index (κ3) is 4.52. The van der Waals surface area contributed by atoms with Gasteiger partial charge in [-0.2, -0.15) is 4.98 Å². The highest BCUT2D eigenvalue weighted by Crippen LogP contribution is 2.15. The molecule has 0 aliphatic rings. The highest BCUT2D eigenvalue weighted by atomic mass is 19.1. The van der Waals surface area contributed by atoms with E-state index in [1.54, 1.807) is 12.1 Å². The van der Waals surface area contributed by atoms with Crippen LogP contribution in [0, 0.1) is 12.7 Å². The smallest absolute Gasteiger partial charge is 0.229 e. The van der Waals surface area contributed by atoms with Crippen molar-refractivity contribution < 1.29 is 4.39 Å². The average Bonchev–Trinajstić information content (AvgIpc) is 2.57. The van der Waals surface area contributed by atoms with Crippen molar-refractivity contribution in [2.24, 2.45) is 0 Å². The molecule has 3 aromatic rings. The van der Waals surface area contributed by atoms with E-state index in [9.17, 15) is 4.39 Å². The number of rotatable bonds is 6. The van der Waals surface area contributed by atoms with Crippen LogP contribution < -0.4 is 10.6 Å². The summed E-state index contributed by atoms with van der Waals surface area (Å²) in [5.74, 6) is 1.11. The molecule has 122 valence electrons. The number of nitrogens with zero attached hydrogens (tertiary/aromatic N) is 2. The van der Waals surface area contributed by atoms with Gasteiger partial charge in [0.25, 0.3) is 0 Å². The fourth-order valence-electron chi connectivity index (χ4n) is 2.35. The zero-order chi connectivity index (χ0) is 16.8. The summed E-state index contributed by atoms with van der Waals surface area (Å²) < 4.78 is 12.9. The summed E-state index contributed by atoms with van der Waals surface area (Å²) in [4.78, 5) is 8.88. The highest BCUT2D eigenvalue weighted by molar-refractivity contribution is 5.54. The maximum atomic E-state index is 12.9. The summed E-state index contributed by atoms with van der Waals surface area (Å²) >= 11 is 0. The van der Waals surface area contributed by atoms with Crippen LogP contribution in [0.4, 0.5) is 21.8 Å². The molecule has 24 heavy (non-hydrogen) atoms. The molecular formula is C19H19FN4. The van der Waals surface area contributed by atoms with Gasteiger partial charge in [-0.3, -0.25) is 0 Å². The van der Waals surface area contributed by atoms with Crippen LogP contribution in [0.1, 0.15) is 11.3 Å². The van der Waals surface area contributed by atoms with Crippen LogP contribution in [0.15, 0.2) is 60.7 Å². The monoisotopic (exact) mass is 322 g/mol. The molecule has 0 aliphatic carbocycles. The summed E-state index contributed by atoms with van der Waals surface area (Å²) in [5.41, 5.74) is 2.91. The van der Waals surface area contributed by atoms with Crippen molar-refractivity contribution in [3.05, 3.63) is 77.7 Å². The number of para-hydroxylation sites is 1. The minimum Gasteiger partial charge on any atom is -0.370 e. The summed E-state index contributed by atoms with van der Waals surface area (Å²) in [6.07, 6.45) is 0.796. The Balaban J connectivity index is 1.62. The van der Waals surface area contributed by atoms with E-state index in [2.05, 4.69) is 20.6 Å². The number of aromatic nitrogens is 2. The largest absolute Gasteiger partial charge is 0.370 e. The SMILES string of the molecule is Cc1cc(NCCc2ccc(F)cc2)nc(Nc2ccccc2)n1. The van der Waals surface area contributed by atoms with E-state index in [1.165, 1.54) is 12.1 Å². The van der Waals surface area contributed by atoms with Crippen molar-refractivity contribution in [2.75, 3.05) is 17.2 Å². The topological polar surface area (TPSA) is 49.8 Å². The third-order valence-electron chi connectivity index (χ3n) is 3.52. The van der Waals surface area contributed by atoms with Gasteiger partial charge in [0.05, 0.1) is 0 Å². The molecule has 4 nitrogen and oxygen atoms in total. The first-order valence-electron chi connectivity index (χ1n) is 7.85. The van der Waals surface area contributed by atoms with E-state index < -0.39 is 0 Å². The van der Waals surface area contributed by atoms with E-state index >= 15 is 0 Å². The lowest BCUT2D eigenvalue weighted by atomic mass is 10.1. The Morgan fingerprint density at radius 2 is 1.71 bits per heavy atom. The molecule has 1 aromatic heterocycles. The zero-order valence-corrected chi connectivity index (χ0v) is 13.5. The van der Waals surface area contributed by atoms with Gasteiger partial charge in [0.1, 0.15) is 11.6 Å². The second kappa shape index (κ2) is 7.55. The van der Waals surface area contributed by atoms with Gasteiger partial charge in [-0.25, -0.2) is 9.37 Å². The van der Waals surface area contributed by atoms with Crippen molar-refractivity contribution in [3.63, 3.8) is 0 Å². The lowest BCUT2D eigenvalue weighted by Gasteiger charge is -2.10. The molecule has 3 rings (SSSR count). The molecule has 0 bridgehead atoms. The first-order chi connectivity index (χ1) is 11.7. The Labute approximate surface area is 140 Å². The molecule has 0 atom stereocenters. The predicted molar refractivity (Wildman–Crippen MR) is 95.1 cm³/mol. The number of hydrogen-bond donors (Lipinski definition) is 2. The molecule has 0 spiro atoms. The van der Waals surface area contributed by atoms with Gasteiger partial charge in [-0.05, 0) is 43.2 Å². The first kappa shape index (κ1) is 15.9. The van der Waals surface area contributed by atoms with E-state index in [0.29, 0.717) is 12.5 Å².